The highest BCUT2D eigenvalue weighted by Crippen LogP contribution is 2.29. The summed E-state index contributed by atoms with van der Waals surface area (Å²) in [6.45, 7) is 6.66. The van der Waals surface area contributed by atoms with E-state index >= 15 is 0 Å². The monoisotopic (exact) mass is 259 g/mol. The van der Waals surface area contributed by atoms with Gasteiger partial charge in [-0.1, -0.05) is 38.1 Å². The Bertz CT molecular complexity index is 534. The molecular formula is C16H21NO2. The lowest BCUT2D eigenvalue weighted by atomic mass is 9.94. The third-order valence-corrected chi connectivity index (χ3v) is 3.31. The molecule has 1 aromatic carbocycles. The first-order valence-corrected chi connectivity index (χ1v) is 6.78. The standard InChI is InChI=1S/C16H21NO2/c1-4-19-16(11(2)3)15(18)13-9-5-7-12-8-6-10-17-14(12)13/h5-11,15-16,18H,4H2,1-3H3. The van der Waals surface area contributed by atoms with Gasteiger partial charge in [0.1, 0.15) is 6.10 Å². The van der Waals surface area contributed by atoms with Crippen LogP contribution in [0.4, 0.5) is 0 Å². The summed E-state index contributed by atoms with van der Waals surface area (Å²) in [5.41, 5.74) is 1.69. The van der Waals surface area contributed by atoms with Gasteiger partial charge in [-0.25, -0.2) is 0 Å². The summed E-state index contributed by atoms with van der Waals surface area (Å²) < 4.78 is 5.69. The van der Waals surface area contributed by atoms with Crippen molar-refractivity contribution in [2.75, 3.05) is 6.61 Å². The Morgan fingerprint density at radius 3 is 2.63 bits per heavy atom. The average Bonchev–Trinajstić information content (AvgIpc) is 2.43. The van der Waals surface area contributed by atoms with Crippen LogP contribution in [0.2, 0.25) is 0 Å². The van der Waals surface area contributed by atoms with Crippen molar-refractivity contribution in [3.63, 3.8) is 0 Å². The Morgan fingerprint density at radius 1 is 1.21 bits per heavy atom. The summed E-state index contributed by atoms with van der Waals surface area (Å²) in [6, 6.07) is 9.79. The summed E-state index contributed by atoms with van der Waals surface area (Å²) in [5.74, 6) is 0.244. The van der Waals surface area contributed by atoms with Gasteiger partial charge in [0, 0.05) is 23.8 Å². The Kier molecular flexibility index (Phi) is 4.51. The molecule has 0 saturated heterocycles. The molecule has 1 aromatic heterocycles. The summed E-state index contributed by atoms with van der Waals surface area (Å²) in [6.07, 6.45) is 0.889. The number of hydrogen-bond donors (Lipinski definition) is 1. The van der Waals surface area contributed by atoms with E-state index in [0.717, 1.165) is 16.5 Å². The number of rotatable bonds is 5. The van der Waals surface area contributed by atoms with E-state index in [0.29, 0.717) is 6.61 Å². The Hall–Kier alpha value is -1.45. The van der Waals surface area contributed by atoms with Crippen LogP contribution in [0.25, 0.3) is 10.9 Å². The maximum atomic E-state index is 10.6. The predicted molar refractivity (Wildman–Crippen MR) is 77.0 cm³/mol. The van der Waals surface area contributed by atoms with Gasteiger partial charge in [-0.05, 0) is 18.9 Å². The predicted octanol–water partition coefficient (Wildman–Crippen LogP) is 3.33. The zero-order valence-electron chi connectivity index (χ0n) is 11.7. The molecule has 0 aliphatic rings. The SMILES string of the molecule is CCOC(C(C)C)C(O)c1cccc2cccnc12. The molecule has 0 spiro atoms. The van der Waals surface area contributed by atoms with Crippen molar-refractivity contribution in [3.8, 4) is 0 Å². The molecule has 0 aliphatic heterocycles. The Labute approximate surface area is 114 Å². The van der Waals surface area contributed by atoms with Gasteiger partial charge < -0.3 is 9.84 Å². The van der Waals surface area contributed by atoms with Gasteiger partial charge in [0.15, 0.2) is 0 Å². The number of nitrogens with zero attached hydrogens (tertiary/aromatic N) is 1. The van der Waals surface area contributed by atoms with E-state index in [2.05, 4.69) is 18.8 Å². The Morgan fingerprint density at radius 2 is 1.95 bits per heavy atom. The fourth-order valence-electron chi connectivity index (χ4n) is 2.38. The van der Waals surface area contributed by atoms with Gasteiger partial charge in [0.05, 0.1) is 11.6 Å². The summed E-state index contributed by atoms with van der Waals surface area (Å²) in [5, 5.41) is 11.7. The van der Waals surface area contributed by atoms with E-state index in [1.165, 1.54) is 0 Å². The van der Waals surface area contributed by atoms with Crippen molar-refractivity contribution in [2.45, 2.75) is 33.0 Å². The number of fused-ring (bicyclic) bond motifs is 1. The summed E-state index contributed by atoms with van der Waals surface area (Å²) in [7, 11) is 0. The molecule has 0 bridgehead atoms. The molecule has 2 rings (SSSR count). The van der Waals surface area contributed by atoms with E-state index in [-0.39, 0.29) is 12.0 Å². The van der Waals surface area contributed by atoms with Gasteiger partial charge in [0.25, 0.3) is 0 Å². The number of benzene rings is 1. The second kappa shape index (κ2) is 6.13. The molecule has 2 unspecified atom stereocenters. The smallest absolute Gasteiger partial charge is 0.107 e. The third-order valence-electron chi connectivity index (χ3n) is 3.31. The molecule has 19 heavy (non-hydrogen) atoms. The fraction of sp³-hybridized carbons (Fsp3) is 0.438. The minimum absolute atomic E-state index is 0.211. The van der Waals surface area contributed by atoms with E-state index in [4.69, 9.17) is 4.74 Å². The minimum atomic E-state index is -0.654. The number of para-hydroxylation sites is 1. The van der Waals surface area contributed by atoms with E-state index in [9.17, 15) is 5.11 Å². The number of hydrogen-bond acceptors (Lipinski definition) is 3. The minimum Gasteiger partial charge on any atom is -0.386 e. The van der Waals surface area contributed by atoms with Crippen LogP contribution in [-0.2, 0) is 4.74 Å². The molecule has 0 aliphatic carbocycles. The van der Waals surface area contributed by atoms with Crippen molar-refractivity contribution in [3.05, 3.63) is 42.1 Å². The van der Waals surface area contributed by atoms with Gasteiger partial charge in [-0.2, -0.15) is 0 Å². The normalized spacial score (nSPS) is 14.8. The highest BCUT2D eigenvalue weighted by Gasteiger charge is 2.26. The number of pyridine rings is 1. The van der Waals surface area contributed by atoms with Crippen molar-refractivity contribution >= 4 is 10.9 Å². The van der Waals surface area contributed by atoms with Crippen molar-refractivity contribution in [2.24, 2.45) is 5.92 Å². The van der Waals surface area contributed by atoms with Crippen LogP contribution in [-0.4, -0.2) is 22.8 Å². The highest BCUT2D eigenvalue weighted by atomic mass is 16.5. The molecular weight excluding hydrogens is 238 g/mol. The first-order valence-electron chi connectivity index (χ1n) is 6.78. The van der Waals surface area contributed by atoms with Crippen LogP contribution in [0.1, 0.15) is 32.4 Å². The summed E-state index contributed by atoms with van der Waals surface area (Å²) in [4.78, 5) is 4.39. The van der Waals surface area contributed by atoms with Crippen LogP contribution in [0.15, 0.2) is 36.5 Å². The second-order valence-electron chi connectivity index (χ2n) is 5.03. The molecule has 0 saturated carbocycles. The number of aromatic nitrogens is 1. The lowest BCUT2D eigenvalue weighted by Crippen LogP contribution is -2.28. The van der Waals surface area contributed by atoms with Crippen LogP contribution in [0.5, 0.6) is 0 Å². The van der Waals surface area contributed by atoms with Gasteiger partial charge in [0.2, 0.25) is 0 Å². The average molecular weight is 259 g/mol. The van der Waals surface area contributed by atoms with Crippen molar-refractivity contribution in [1.82, 2.24) is 4.98 Å². The van der Waals surface area contributed by atoms with Gasteiger partial charge >= 0.3 is 0 Å². The van der Waals surface area contributed by atoms with Crippen LogP contribution in [0, 0.1) is 5.92 Å². The lowest BCUT2D eigenvalue weighted by Gasteiger charge is -2.27. The lowest BCUT2D eigenvalue weighted by molar-refractivity contribution is -0.0580. The molecule has 2 aromatic rings. The van der Waals surface area contributed by atoms with Gasteiger partial charge in [-0.15, -0.1) is 0 Å². The largest absolute Gasteiger partial charge is 0.386 e. The number of aliphatic hydroxyl groups excluding tert-OH is 1. The quantitative estimate of drug-likeness (QED) is 0.895. The van der Waals surface area contributed by atoms with Crippen LogP contribution >= 0.6 is 0 Å². The Balaban J connectivity index is 2.42. The van der Waals surface area contributed by atoms with E-state index in [1.807, 2.05) is 37.3 Å². The summed E-state index contributed by atoms with van der Waals surface area (Å²) >= 11 is 0. The van der Waals surface area contributed by atoms with E-state index < -0.39 is 6.10 Å². The molecule has 0 amide bonds. The third kappa shape index (κ3) is 2.94. The molecule has 1 heterocycles. The fourth-order valence-corrected chi connectivity index (χ4v) is 2.38. The topological polar surface area (TPSA) is 42.4 Å². The molecule has 0 fully saturated rings. The molecule has 3 nitrogen and oxygen atoms in total. The second-order valence-corrected chi connectivity index (χ2v) is 5.03. The molecule has 1 N–H and O–H groups in total. The van der Waals surface area contributed by atoms with E-state index in [1.54, 1.807) is 6.20 Å². The number of aliphatic hydroxyl groups is 1. The van der Waals surface area contributed by atoms with Crippen LogP contribution < -0.4 is 0 Å². The maximum Gasteiger partial charge on any atom is 0.107 e. The highest BCUT2D eigenvalue weighted by molar-refractivity contribution is 5.81. The molecule has 102 valence electrons. The van der Waals surface area contributed by atoms with Crippen molar-refractivity contribution in [1.29, 1.82) is 0 Å². The molecule has 3 heteroatoms. The number of ether oxygens (including phenoxy) is 1. The molecule has 0 radical (unpaired) electrons. The zero-order chi connectivity index (χ0) is 13.8. The van der Waals surface area contributed by atoms with Crippen LogP contribution in [0.3, 0.4) is 0 Å². The molecule has 2 atom stereocenters. The first-order chi connectivity index (χ1) is 9.15. The first kappa shape index (κ1) is 14.0. The van der Waals surface area contributed by atoms with Gasteiger partial charge in [-0.3, -0.25) is 4.98 Å². The van der Waals surface area contributed by atoms with Crippen molar-refractivity contribution < 1.29 is 9.84 Å². The maximum absolute atomic E-state index is 10.6. The zero-order valence-corrected chi connectivity index (χ0v) is 11.7.